The van der Waals surface area contributed by atoms with E-state index in [4.69, 9.17) is 9.72 Å². The van der Waals surface area contributed by atoms with Gasteiger partial charge in [-0.1, -0.05) is 44.2 Å². The van der Waals surface area contributed by atoms with Gasteiger partial charge in [0.05, 0.1) is 29.2 Å². The van der Waals surface area contributed by atoms with Gasteiger partial charge in [-0.3, -0.25) is 29.1 Å². The molecule has 1 aromatic carbocycles. The number of nitrogens with one attached hydrogen (secondary N) is 3. The summed E-state index contributed by atoms with van der Waals surface area (Å²) in [5, 5.41) is 17.3. The predicted molar refractivity (Wildman–Crippen MR) is 171 cm³/mol. The molecule has 46 heavy (non-hydrogen) atoms. The highest BCUT2D eigenvalue weighted by Crippen LogP contribution is 2.35. The molecule has 1 aromatic heterocycles. The molecule has 5 rings (SSSR count). The number of hydrazine groups is 1. The Morgan fingerprint density at radius 3 is 2.52 bits per heavy atom. The molecule has 3 aliphatic heterocycles. The van der Waals surface area contributed by atoms with Gasteiger partial charge >= 0.3 is 5.97 Å². The summed E-state index contributed by atoms with van der Waals surface area (Å²) in [5.74, 6) is -1.88. The molecule has 1 spiro atoms. The molecule has 5 bridgehead atoms. The molecule has 4 atom stereocenters. The van der Waals surface area contributed by atoms with Crippen LogP contribution in [0.5, 0.6) is 0 Å². The highest BCUT2D eigenvalue weighted by atomic mass is 16.5. The Morgan fingerprint density at radius 2 is 1.80 bits per heavy atom. The van der Waals surface area contributed by atoms with Crippen molar-refractivity contribution in [1.29, 1.82) is 5.26 Å². The average Bonchev–Trinajstić information content (AvgIpc) is 3.05. The van der Waals surface area contributed by atoms with Gasteiger partial charge in [0.2, 0.25) is 11.8 Å². The number of piperidine rings is 1. The summed E-state index contributed by atoms with van der Waals surface area (Å²) in [6.45, 7) is 8.80. The van der Waals surface area contributed by atoms with Crippen LogP contribution in [0, 0.1) is 22.7 Å². The Kier molecular flexibility index (Phi) is 10.0. The number of pyridine rings is 1. The van der Waals surface area contributed by atoms with Crippen LogP contribution in [-0.4, -0.2) is 82.9 Å². The van der Waals surface area contributed by atoms with Crippen molar-refractivity contribution in [2.24, 2.45) is 11.3 Å². The molecular formula is C34H43N7O5. The van der Waals surface area contributed by atoms with Crippen LogP contribution in [0.3, 0.4) is 0 Å². The van der Waals surface area contributed by atoms with Crippen LogP contribution in [0.25, 0.3) is 17.0 Å². The van der Waals surface area contributed by atoms with Crippen molar-refractivity contribution in [2.45, 2.75) is 77.6 Å². The molecule has 0 saturated carbocycles. The molecular weight excluding hydrogens is 586 g/mol. The molecule has 12 nitrogen and oxygen atoms in total. The van der Waals surface area contributed by atoms with E-state index in [1.807, 2.05) is 61.2 Å². The molecule has 3 amide bonds. The fraction of sp³-hybridized carbons (Fsp3) is 0.529. The van der Waals surface area contributed by atoms with Crippen LogP contribution in [0.4, 0.5) is 0 Å². The number of hydrogen-bond acceptors (Lipinski definition) is 9. The lowest BCUT2D eigenvalue weighted by atomic mass is 9.76. The maximum Gasteiger partial charge on any atom is 0.325 e. The van der Waals surface area contributed by atoms with Gasteiger partial charge in [-0.05, 0) is 63.1 Å². The third kappa shape index (κ3) is 7.21. The van der Waals surface area contributed by atoms with Crippen molar-refractivity contribution < 1.29 is 23.9 Å². The molecule has 3 N–H and O–H groups in total. The van der Waals surface area contributed by atoms with Crippen LogP contribution in [0.2, 0.25) is 0 Å². The fourth-order valence-corrected chi connectivity index (χ4v) is 6.27. The van der Waals surface area contributed by atoms with E-state index in [-0.39, 0.29) is 18.4 Å². The van der Waals surface area contributed by atoms with Gasteiger partial charge < -0.3 is 15.4 Å². The third-order valence-corrected chi connectivity index (χ3v) is 9.24. The molecule has 2 fully saturated rings. The van der Waals surface area contributed by atoms with Gasteiger partial charge in [0.15, 0.2) is 0 Å². The zero-order chi connectivity index (χ0) is 33.0. The number of carbonyl (C=O) groups is 4. The van der Waals surface area contributed by atoms with E-state index in [0.29, 0.717) is 56.5 Å². The van der Waals surface area contributed by atoms with E-state index < -0.39 is 47.4 Å². The Balaban J connectivity index is 1.53. The lowest BCUT2D eigenvalue weighted by Crippen LogP contribution is -2.61. The summed E-state index contributed by atoms with van der Waals surface area (Å²) in [5.41, 5.74) is 4.22. The zero-order valence-electron chi connectivity index (χ0n) is 26.9. The lowest BCUT2D eigenvalue weighted by Gasteiger charge is -2.39. The smallest absolute Gasteiger partial charge is 0.325 e. The molecule has 244 valence electrons. The number of carbonyl (C=O) groups excluding carboxylic acids is 4. The monoisotopic (exact) mass is 629 g/mol. The Bertz CT molecular complexity index is 1560. The highest BCUT2D eigenvalue weighted by molar-refractivity contribution is 5.94. The zero-order valence-corrected chi connectivity index (χ0v) is 26.9. The number of aromatic nitrogens is 1. The summed E-state index contributed by atoms with van der Waals surface area (Å²) in [7, 11) is 0. The normalized spacial score (nSPS) is 27.2. The summed E-state index contributed by atoms with van der Waals surface area (Å²) in [6.07, 6.45) is 5.20. The number of hydrogen-bond donors (Lipinski definition) is 3. The van der Waals surface area contributed by atoms with Crippen molar-refractivity contribution in [1.82, 2.24) is 31.0 Å². The first kappa shape index (κ1) is 33.0. The van der Waals surface area contributed by atoms with Gasteiger partial charge in [-0.2, -0.15) is 5.26 Å². The van der Waals surface area contributed by atoms with Gasteiger partial charge in [0.25, 0.3) is 5.91 Å². The molecule has 12 heteroatoms. The third-order valence-electron chi connectivity index (χ3n) is 9.24. The van der Waals surface area contributed by atoms with Crippen molar-refractivity contribution >= 4 is 40.7 Å². The van der Waals surface area contributed by atoms with Crippen LogP contribution in [-0.2, 0) is 23.9 Å². The number of nitrogens with zero attached hydrogens (tertiary/aromatic N) is 4. The molecule has 2 saturated heterocycles. The van der Waals surface area contributed by atoms with E-state index >= 15 is 0 Å². The second-order valence-corrected chi connectivity index (χ2v) is 12.9. The van der Waals surface area contributed by atoms with E-state index in [1.165, 1.54) is 5.01 Å². The predicted octanol–water partition coefficient (Wildman–Crippen LogP) is 2.61. The standard InChI is InChI=1S/C34H43N7O5/c1-21(2)29-30(42)36-22(3)31(43)41-16-5-6-27(39-41)32(44)46-23(4)26-10-9-25-8-7-24(20-28(25)37-26)11-12-34(33(45)38-29)13-17-40(18-14-34)19-15-35/h7-12,20-23,27,29,39H,5-6,13-14,16-19H2,1-4H3,(H,36,42)(H,38,45)/b12-11+/t22-,23+,27-,29-/m0/s1. The molecule has 0 aliphatic carbocycles. The van der Waals surface area contributed by atoms with Crippen LogP contribution in [0.15, 0.2) is 36.4 Å². The van der Waals surface area contributed by atoms with Crippen LogP contribution < -0.4 is 16.1 Å². The second kappa shape index (κ2) is 14.0. The summed E-state index contributed by atoms with van der Waals surface area (Å²) in [4.78, 5) is 61.0. The van der Waals surface area contributed by atoms with Crippen molar-refractivity contribution in [3.05, 3.63) is 47.7 Å². The summed E-state index contributed by atoms with van der Waals surface area (Å²) in [6, 6.07) is 9.27. The quantitative estimate of drug-likeness (QED) is 0.336. The van der Waals surface area contributed by atoms with Gasteiger partial charge in [0.1, 0.15) is 24.2 Å². The van der Waals surface area contributed by atoms with Gasteiger partial charge in [0, 0.05) is 25.0 Å². The first-order valence-corrected chi connectivity index (χ1v) is 16.1. The Labute approximate surface area is 269 Å². The average molecular weight is 630 g/mol. The van der Waals surface area contributed by atoms with Crippen molar-refractivity contribution in [3.8, 4) is 6.07 Å². The van der Waals surface area contributed by atoms with Crippen molar-refractivity contribution in [2.75, 3.05) is 26.2 Å². The molecule has 2 aromatic rings. The lowest BCUT2D eigenvalue weighted by molar-refractivity contribution is -0.157. The first-order valence-electron chi connectivity index (χ1n) is 16.1. The maximum atomic E-state index is 14.1. The number of likely N-dealkylation sites (tertiary alicyclic amines) is 1. The maximum absolute atomic E-state index is 14.1. The number of cyclic esters (lactones) is 1. The van der Waals surface area contributed by atoms with E-state index in [2.05, 4.69) is 22.1 Å². The Morgan fingerprint density at radius 1 is 1.07 bits per heavy atom. The fourth-order valence-electron chi connectivity index (χ4n) is 6.27. The molecule has 3 aliphatic rings. The number of rotatable bonds is 2. The minimum Gasteiger partial charge on any atom is -0.455 e. The molecule has 4 heterocycles. The summed E-state index contributed by atoms with van der Waals surface area (Å²) >= 11 is 0. The second-order valence-electron chi connectivity index (χ2n) is 12.9. The number of amides is 3. The number of ether oxygens (including phenoxy) is 1. The SMILES string of the molecule is CC(C)[C@@H]1NC(=O)C2(/C=C/c3ccc4ccc(nc4c3)[C@@H](C)OC(=O)[C@@H]3CCCN(N3)C(=O)[C@H](C)NC1=O)CCN(CC#N)CC2. The van der Waals surface area contributed by atoms with Gasteiger partial charge in [-0.25, -0.2) is 10.4 Å². The highest BCUT2D eigenvalue weighted by Gasteiger charge is 2.42. The molecule has 0 unspecified atom stereocenters. The number of esters is 1. The minimum absolute atomic E-state index is 0.262. The number of benzene rings is 1. The van der Waals surface area contributed by atoms with Gasteiger partial charge in [-0.15, -0.1) is 0 Å². The van der Waals surface area contributed by atoms with E-state index in [0.717, 1.165) is 10.9 Å². The van der Waals surface area contributed by atoms with Crippen molar-refractivity contribution in [3.63, 3.8) is 0 Å². The first-order chi connectivity index (χ1) is 22.0. The van der Waals surface area contributed by atoms with E-state index in [9.17, 15) is 24.4 Å². The Hall–Kier alpha value is -4.34. The topological polar surface area (TPSA) is 157 Å². The summed E-state index contributed by atoms with van der Waals surface area (Å²) < 4.78 is 5.80. The largest absolute Gasteiger partial charge is 0.455 e. The molecule has 0 radical (unpaired) electrons. The number of fused-ring (bicyclic) bond motifs is 4. The van der Waals surface area contributed by atoms with E-state index in [1.54, 1.807) is 13.8 Å². The van der Waals surface area contributed by atoms with Crippen LogP contribution in [0.1, 0.15) is 70.7 Å². The number of nitriles is 1. The minimum atomic E-state index is -0.917. The van der Waals surface area contributed by atoms with Crippen LogP contribution >= 0.6 is 0 Å².